The van der Waals surface area contributed by atoms with Gasteiger partial charge in [0, 0.05) is 0 Å². The summed E-state index contributed by atoms with van der Waals surface area (Å²) in [6.07, 6.45) is 11.9. The Morgan fingerprint density at radius 1 is 1.08 bits per heavy atom. The molecule has 1 aliphatic rings. The van der Waals surface area contributed by atoms with Crippen molar-refractivity contribution in [3.05, 3.63) is 0 Å². The van der Waals surface area contributed by atoms with Crippen LogP contribution in [0.1, 0.15) is 58.3 Å². The van der Waals surface area contributed by atoms with Crippen LogP contribution in [0, 0.1) is 5.92 Å². The molecule has 0 saturated heterocycles. The van der Waals surface area contributed by atoms with Crippen molar-refractivity contribution in [1.82, 2.24) is 5.32 Å². The third kappa shape index (κ3) is 8.29. The van der Waals surface area contributed by atoms with Crippen LogP contribution in [0.25, 0.3) is 0 Å². The molecule has 1 N–H and O–H groups in total. The van der Waals surface area contributed by atoms with Gasteiger partial charge in [-0.2, -0.15) is 0 Å². The lowest BCUT2D eigenvalue weighted by Gasteiger charge is -2.20. The highest BCUT2D eigenvalue weighted by atomic mass is 14.7. The first kappa shape index (κ1) is 13.0. The van der Waals surface area contributed by atoms with E-state index in [9.17, 15) is 0 Å². The van der Waals surface area contributed by atoms with Gasteiger partial charge in [0.05, 0.1) is 0 Å². The van der Waals surface area contributed by atoms with E-state index in [-0.39, 0.29) is 0 Å². The van der Waals surface area contributed by atoms with Crippen molar-refractivity contribution in [3.8, 4) is 0 Å². The first-order chi connectivity index (χ1) is 6.35. The van der Waals surface area contributed by atoms with E-state index in [4.69, 9.17) is 0 Å². The zero-order chi connectivity index (χ0) is 9.94. The molecule has 0 aliphatic heterocycles. The van der Waals surface area contributed by atoms with Crippen molar-refractivity contribution in [3.63, 3.8) is 0 Å². The maximum atomic E-state index is 2.75. The van der Waals surface area contributed by atoms with E-state index >= 15 is 0 Å². The molecule has 0 aromatic heterocycles. The fraction of sp³-hybridized carbons (Fsp3) is 1.00. The highest BCUT2D eigenvalue weighted by Gasteiger charge is 2.11. The van der Waals surface area contributed by atoms with Crippen LogP contribution < -0.4 is 5.32 Å². The Morgan fingerprint density at radius 3 is 2.08 bits per heavy atom. The molecule has 0 aromatic carbocycles. The molecule has 0 spiro atoms. The summed E-state index contributed by atoms with van der Waals surface area (Å²) in [6, 6.07) is 0. The summed E-state index contributed by atoms with van der Waals surface area (Å²) in [6.45, 7) is 2.29. The third-order valence-electron chi connectivity index (χ3n) is 2.69. The van der Waals surface area contributed by atoms with Crippen molar-refractivity contribution >= 4 is 0 Å². The van der Waals surface area contributed by atoms with Crippen molar-refractivity contribution in [2.24, 2.45) is 5.92 Å². The summed E-state index contributed by atoms with van der Waals surface area (Å²) in [4.78, 5) is 0. The van der Waals surface area contributed by atoms with Gasteiger partial charge in [-0.1, -0.05) is 58.3 Å². The molecule has 1 saturated carbocycles. The van der Waals surface area contributed by atoms with Crippen LogP contribution in [0.15, 0.2) is 0 Å². The summed E-state index contributed by atoms with van der Waals surface area (Å²) in [5, 5.41) is 2.75. The Kier molecular flexibility index (Phi) is 10.0. The number of hydrogen-bond donors (Lipinski definition) is 1. The lowest BCUT2D eigenvalue weighted by molar-refractivity contribution is 0.331. The lowest BCUT2D eigenvalue weighted by atomic mass is 9.86. The predicted octanol–water partition coefficient (Wildman–Crippen LogP) is 3.59. The quantitative estimate of drug-likeness (QED) is 0.708. The van der Waals surface area contributed by atoms with Gasteiger partial charge in [0.15, 0.2) is 0 Å². The van der Waals surface area contributed by atoms with Crippen LogP contribution in [0.3, 0.4) is 0 Å². The Morgan fingerprint density at radius 2 is 1.62 bits per heavy atom. The van der Waals surface area contributed by atoms with Crippen LogP contribution in [0.4, 0.5) is 0 Å². The van der Waals surface area contributed by atoms with E-state index in [1.807, 2.05) is 14.1 Å². The molecule has 0 unspecified atom stereocenters. The fourth-order valence-electron chi connectivity index (χ4n) is 1.97. The van der Waals surface area contributed by atoms with Crippen molar-refractivity contribution in [2.75, 3.05) is 14.1 Å². The van der Waals surface area contributed by atoms with E-state index in [2.05, 4.69) is 12.2 Å². The van der Waals surface area contributed by atoms with Crippen LogP contribution in [-0.2, 0) is 0 Å². The van der Waals surface area contributed by atoms with Crippen molar-refractivity contribution in [1.29, 1.82) is 0 Å². The molecule has 1 fully saturated rings. The van der Waals surface area contributed by atoms with Crippen LogP contribution in [-0.4, -0.2) is 14.1 Å². The second-order valence-corrected chi connectivity index (χ2v) is 4.15. The SMILES string of the molecule is CCCCC1CCCCC1.CNC. The second kappa shape index (κ2) is 10.0. The summed E-state index contributed by atoms with van der Waals surface area (Å²) in [7, 11) is 3.75. The monoisotopic (exact) mass is 185 g/mol. The maximum absolute atomic E-state index is 2.75. The molecule has 0 aromatic rings. The third-order valence-corrected chi connectivity index (χ3v) is 2.69. The van der Waals surface area contributed by atoms with E-state index in [0.717, 1.165) is 5.92 Å². The van der Waals surface area contributed by atoms with Crippen LogP contribution in [0.2, 0.25) is 0 Å². The van der Waals surface area contributed by atoms with Gasteiger partial charge in [0.1, 0.15) is 0 Å². The summed E-state index contributed by atoms with van der Waals surface area (Å²) in [5.74, 6) is 1.11. The number of unbranched alkanes of at least 4 members (excludes halogenated alkanes) is 1. The molecule has 0 amide bonds. The summed E-state index contributed by atoms with van der Waals surface area (Å²) in [5.41, 5.74) is 0. The van der Waals surface area contributed by atoms with Crippen LogP contribution >= 0.6 is 0 Å². The van der Waals surface area contributed by atoms with Gasteiger partial charge in [0.25, 0.3) is 0 Å². The fourth-order valence-corrected chi connectivity index (χ4v) is 1.97. The Bertz CT molecular complexity index is 85.1. The van der Waals surface area contributed by atoms with Gasteiger partial charge < -0.3 is 5.32 Å². The Hall–Kier alpha value is -0.0400. The molecule has 1 rings (SSSR count). The number of rotatable bonds is 3. The minimum absolute atomic E-state index is 1.11. The molecule has 1 aliphatic carbocycles. The molecule has 0 heterocycles. The van der Waals surface area contributed by atoms with E-state index < -0.39 is 0 Å². The average molecular weight is 185 g/mol. The molecule has 0 radical (unpaired) electrons. The minimum Gasteiger partial charge on any atom is -0.323 e. The van der Waals surface area contributed by atoms with Gasteiger partial charge in [-0.15, -0.1) is 0 Å². The topological polar surface area (TPSA) is 12.0 Å². The molecule has 0 atom stereocenters. The standard InChI is InChI=1S/C10H20.C2H7N/c1-2-3-7-10-8-5-4-6-9-10;1-3-2/h10H,2-9H2,1H3;3H,1-2H3. The van der Waals surface area contributed by atoms with Gasteiger partial charge in [-0.25, -0.2) is 0 Å². The first-order valence-electron chi connectivity index (χ1n) is 5.93. The minimum atomic E-state index is 1.11. The van der Waals surface area contributed by atoms with E-state index in [1.165, 1.54) is 51.4 Å². The zero-order valence-corrected chi connectivity index (χ0v) is 9.73. The Labute approximate surface area is 84.3 Å². The van der Waals surface area contributed by atoms with E-state index in [0.29, 0.717) is 0 Å². The number of nitrogens with one attached hydrogen (secondary N) is 1. The molecule has 1 heteroatoms. The normalized spacial score (nSPS) is 17.8. The molecule has 13 heavy (non-hydrogen) atoms. The molecule has 1 nitrogen and oxygen atoms in total. The maximum Gasteiger partial charge on any atom is -0.0167 e. The largest absolute Gasteiger partial charge is 0.323 e. The van der Waals surface area contributed by atoms with Crippen molar-refractivity contribution in [2.45, 2.75) is 58.3 Å². The lowest BCUT2D eigenvalue weighted by Crippen LogP contribution is -2.05. The van der Waals surface area contributed by atoms with Gasteiger partial charge in [0.2, 0.25) is 0 Å². The van der Waals surface area contributed by atoms with E-state index in [1.54, 1.807) is 0 Å². The molecular weight excluding hydrogens is 158 g/mol. The Balaban J connectivity index is 0.000000424. The molecule has 80 valence electrons. The second-order valence-electron chi connectivity index (χ2n) is 4.15. The molecule has 0 bridgehead atoms. The first-order valence-corrected chi connectivity index (χ1v) is 5.93. The van der Waals surface area contributed by atoms with Crippen LogP contribution in [0.5, 0.6) is 0 Å². The zero-order valence-electron chi connectivity index (χ0n) is 9.73. The average Bonchev–Trinajstić information content (AvgIpc) is 2.18. The predicted molar refractivity (Wildman–Crippen MR) is 61.1 cm³/mol. The summed E-state index contributed by atoms with van der Waals surface area (Å²) >= 11 is 0. The van der Waals surface area contributed by atoms with Gasteiger partial charge >= 0.3 is 0 Å². The van der Waals surface area contributed by atoms with Crippen molar-refractivity contribution < 1.29 is 0 Å². The van der Waals surface area contributed by atoms with Gasteiger partial charge in [-0.3, -0.25) is 0 Å². The summed E-state index contributed by atoms with van der Waals surface area (Å²) < 4.78 is 0. The number of hydrogen-bond acceptors (Lipinski definition) is 1. The smallest absolute Gasteiger partial charge is 0.0167 e. The highest BCUT2D eigenvalue weighted by Crippen LogP contribution is 2.27. The molecular formula is C12H27N. The highest BCUT2D eigenvalue weighted by molar-refractivity contribution is 4.65. The van der Waals surface area contributed by atoms with Gasteiger partial charge in [-0.05, 0) is 20.0 Å².